The van der Waals surface area contributed by atoms with E-state index in [9.17, 15) is 14.7 Å². The second kappa shape index (κ2) is 6.57. The van der Waals surface area contributed by atoms with Gasteiger partial charge in [0.1, 0.15) is 0 Å². The monoisotopic (exact) mass is 459 g/mol. The lowest BCUT2D eigenvalue weighted by Crippen LogP contribution is -2.16. The van der Waals surface area contributed by atoms with Gasteiger partial charge < -0.3 is 10.4 Å². The number of hydrogen-bond donors (Lipinski definition) is 2. The van der Waals surface area contributed by atoms with E-state index in [0.717, 1.165) is 13.6 Å². The summed E-state index contributed by atoms with van der Waals surface area (Å²) in [6.07, 6.45) is 0. The lowest BCUT2D eigenvalue weighted by Gasteiger charge is -2.10. The molecule has 2 rings (SSSR count). The third-order valence-electron chi connectivity index (χ3n) is 2.89. The van der Waals surface area contributed by atoms with Crippen LogP contribution in [0.3, 0.4) is 0 Å². The number of carboxylic acids is 1. The lowest BCUT2D eigenvalue weighted by atomic mass is 10.1. The first-order chi connectivity index (χ1) is 9.88. The van der Waals surface area contributed by atoms with Crippen molar-refractivity contribution in [1.82, 2.24) is 0 Å². The fourth-order valence-electron chi connectivity index (χ4n) is 1.87. The first-order valence-corrected chi connectivity index (χ1v) is 7.86. The van der Waals surface area contributed by atoms with E-state index in [4.69, 9.17) is 0 Å². The van der Waals surface area contributed by atoms with E-state index in [0.29, 0.717) is 5.56 Å². The normalized spacial score (nSPS) is 10.2. The molecule has 2 aromatic carbocycles. The maximum absolute atomic E-state index is 12.3. The molecule has 0 atom stereocenters. The molecule has 0 heterocycles. The summed E-state index contributed by atoms with van der Waals surface area (Å²) < 4.78 is 1.68. The number of carbonyl (C=O) groups excluding carboxylic acids is 1. The number of hydrogen-bond acceptors (Lipinski definition) is 2. The molecule has 0 radical (unpaired) electrons. The van der Waals surface area contributed by atoms with Crippen LogP contribution in [0.15, 0.2) is 40.9 Å². The fourth-order valence-corrected chi connectivity index (χ4v) is 2.84. The Morgan fingerprint density at radius 2 is 1.86 bits per heavy atom. The third-order valence-corrected chi connectivity index (χ3v) is 4.06. The summed E-state index contributed by atoms with van der Waals surface area (Å²) in [7, 11) is 0. The van der Waals surface area contributed by atoms with E-state index < -0.39 is 5.97 Å². The number of carboxylic acid groups (broad SMARTS) is 1. The van der Waals surface area contributed by atoms with Gasteiger partial charge in [0.2, 0.25) is 0 Å². The second-order valence-electron chi connectivity index (χ2n) is 4.41. The smallest absolute Gasteiger partial charge is 0.337 e. The Bertz CT molecular complexity index is 731. The van der Waals surface area contributed by atoms with Crippen molar-refractivity contribution in [2.45, 2.75) is 6.92 Å². The van der Waals surface area contributed by atoms with E-state index in [2.05, 4.69) is 21.2 Å². The minimum absolute atomic E-state index is 0.0741. The molecule has 2 aromatic rings. The van der Waals surface area contributed by atoms with Gasteiger partial charge in [-0.3, -0.25) is 4.79 Å². The Balaban J connectivity index is 2.34. The van der Waals surface area contributed by atoms with Crippen LogP contribution in [0.1, 0.15) is 26.3 Å². The van der Waals surface area contributed by atoms with Crippen LogP contribution < -0.4 is 5.32 Å². The molecule has 0 aliphatic rings. The van der Waals surface area contributed by atoms with Gasteiger partial charge in [0.05, 0.1) is 11.3 Å². The molecule has 0 aliphatic carbocycles. The third kappa shape index (κ3) is 3.82. The molecule has 108 valence electrons. The number of aryl methyl sites for hydroxylation is 1. The standard InChI is InChI=1S/C15H11BrINO3/c1-8-6-9(16)2-4-11(8)14(19)18-13-5-3-10(17)7-12(13)15(20)21/h2-7H,1H3,(H,18,19)(H,20,21). The van der Waals surface area contributed by atoms with E-state index in [-0.39, 0.29) is 17.2 Å². The van der Waals surface area contributed by atoms with Gasteiger partial charge >= 0.3 is 5.97 Å². The van der Waals surface area contributed by atoms with Crippen molar-refractivity contribution < 1.29 is 14.7 Å². The quantitative estimate of drug-likeness (QED) is 0.672. The Morgan fingerprint density at radius 3 is 2.48 bits per heavy atom. The van der Waals surface area contributed by atoms with Crippen LogP contribution in [0, 0.1) is 10.5 Å². The van der Waals surface area contributed by atoms with Gasteiger partial charge in [-0.1, -0.05) is 15.9 Å². The molecule has 0 saturated heterocycles. The van der Waals surface area contributed by atoms with Crippen LogP contribution in [0.4, 0.5) is 5.69 Å². The zero-order chi connectivity index (χ0) is 15.6. The average molecular weight is 460 g/mol. The van der Waals surface area contributed by atoms with Crippen molar-refractivity contribution in [2.24, 2.45) is 0 Å². The van der Waals surface area contributed by atoms with Crippen molar-refractivity contribution in [1.29, 1.82) is 0 Å². The van der Waals surface area contributed by atoms with Gasteiger partial charge in [-0.25, -0.2) is 4.79 Å². The van der Waals surface area contributed by atoms with Gasteiger partial charge in [-0.05, 0) is 71.5 Å². The van der Waals surface area contributed by atoms with Crippen molar-refractivity contribution in [3.8, 4) is 0 Å². The van der Waals surface area contributed by atoms with Crippen LogP contribution >= 0.6 is 38.5 Å². The fraction of sp³-hybridized carbons (Fsp3) is 0.0667. The highest BCUT2D eigenvalue weighted by molar-refractivity contribution is 14.1. The largest absolute Gasteiger partial charge is 0.478 e. The van der Waals surface area contributed by atoms with Crippen molar-refractivity contribution in [3.05, 3.63) is 61.1 Å². The highest BCUT2D eigenvalue weighted by Gasteiger charge is 2.15. The topological polar surface area (TPSA) is 66.4 Å². The number of rotatable bonds is 3. The number of halogens is 2. The minimum atomic E-state index is -1.07. The highest BCUT2D eigenvalue weighted by atomic mass is 127. The highest BCUT2D eigenvalue weighted by Crippen LogP contribution is 2.21. The Morgan fingerprint density at radius 1 is 1.14 bits per heavy atom. The van der Waals surface area contributed by atoms with Gasteiger partial charge in [0, 0.05) is 13.6 Å². The molecule has 0 spiro atoms. The Kier molecular flexibility index (Phi) is 5.00. The van der Waals surface area contributed by atoms with Crippen molar-refractivity contribution in [3.63, 3.8) is 0 Å². The van der Waals surface area contributed by atoms with Crippen molar-refractivity contribution in [2.75, 3.05) is 5.32 Å². The minimum Gasteiger partial charge on any atom is -0.478 e. The predicted molar refractivity (Wildman–Crippen MR) is 93.0 cm³/mol. The van der Waals surface area contributed by atoms with Crippen LogP contribution in [-0.2, 0) is 0 Å². The molecule has 0 saturated carbocycles. The van der Waals surface area contributed by atoms with E-state index in [1.165, 1.54) is 6.07 Å². The zero-order valence-electron chi connectivity index (χ0n) is 11.0. The molecule has 0 unspecified atom stereocenters. The molecule has 0 aromatic heterocycles. The van der Waals surface area contributed by atoms with Gasteiger partial charge in [-0.2, -0.15) is 0 Å². The van der Waals surface area contributed by atoms with Crippen molar-refractivity contribution >= 4 is 56.1 Å². The number of anilines is 1. The molecule has 0 fully saturated rings. The number of benzene rings is 2. The molecule has 6 heteroatoms. The molecule has 0 aliphatic heterocycles. The summed E-state index contributed by atoms with van der Waals surface area (Å²) in [5.74, 6) is -1.40. The lowest BCUT2D eigenvalue weighted by molar-refractivity contribution is 0.0698. The molecule has 2 N–H and O–H groups in total. The maximum Gasteiger partial charge on any atom is 0.337 e. The summed E-state index contributed by atoms with van der Waals surface area (Å²) in [6.45, 7) is 1.83. The first kappa shape index (κ1) is 16.0. The van der Waals surface area contributed by atoms with E-state index >= 15 is 0 Å². The number of carbonyl (C=O) groups is 2. The molecule has 21 heavy (non-hydrogen) atoms. The van der Waals surface area contributed by atoms with Crippen LogP contribution in [0.25, 0.3) is 0 Å². The summed E-state index contributed by atoms with van der Waals surface area (Å²) >= 11 is 5.37. The Labute approximate surface area is 143 Å². The summed E-state index contributed by atoms with van der Waals surface area (Å²) in [5.41, 5.74) is 1.68. The van der Waals surface area contributed by atoms with Crippen LogP contribution in [0.5, 0.6) is 0 Å². The van der Waals surface area contributed by atoms with Crippen LogP contribution in [0.2, 0.25) is 0 Å². The number of nitrogens with one attached hydrogen (secondary N) is 1. The number of aromatic carboxylic acids is 1. The first-order valence-electron chi connectivity index (χ1n) is 5.99. The predicted octanol–water partition coefficient (Wildman–Crippen LogP) is 4.31. The summed E-state index contributed by atoms with van der Waals surface area (Å²) in [6, 6.07) is 10.2. The van der Waals surface area contributed by atoms with Gasteiger partial charge in [0.25, 0.3) is 5.91 Å². The number of amides is 1. The Hall–Kier alpha value is -1.41. The average Bonchev–Trinajstić information content (AvgIpc) is 2.40. The summed E-state index contributed by atoms with van der Waals surface area (Å²) in [5, 5.41) is 11.9. The van der Waals surface area contributed by atoms with Gasteiger partial charge in [-0.15, -0.1) is 0 Å². The molecule has 0 bridgehead atoms. The van der Waals surface area contributed by atoms with Gasteiger partial charge in [0.15, 0.2) is 0 Å². The SMILES string of the molecule is Cc1cc(Br)ccc1C(=O)Nc1ccc(I)cc1C(=O)O. The molecular formula is C15H11BrINO3. The maximum atomic E-state index is 12.3. The second-order valence-corrected chi connectivity index (χ2v) is 6.57. The zero-order valence-corrected chi connectivity index (χ0v) is 14.7. The van der Waals surface area contributed by atoms with E-state index in [1.807, 2.05) is 35.6 Å². The van der Waals surface area contributed by atoms with E-state index in [1.54, 1.807) is 24.3 Å². The summed E-state index contributed by atoms with van der Waals surface area (Å²) in [4.78, 5) is 23.5. The molecular weight excluding hydrogens is 449 g/mol. The molecule has 4 nitrogen and oxygen atoms in total. The molecule has 1 amide bonds. The van der Waals surface area contributed by atoms with Crippen LogP contribution in [-0.4, -0.2) is 17.0 Å².